The Hall–Kier alpha value is -1.69. The van der Waals surface area contributed by atoms with Crippen LogP contribution in [0.4, 0.5) is 0 Å². The number of carbonyl (C=O) groups excluding carboxylic acids is 1. The summed E-state index contributed by atoms with van der Waals surface area (Å²) in [7, 11) is 0. The number of hydrogen-bond acceptors (Lipinski definition) is 4. The molecule has 1 heterocycles. The van der Waals surface area contributed by atoms with Crippen LogP contribution in [-0.2, 0) is 11.2 Å². The van der Waals surface area contributed by atoms with E-state index in [0.29, 0.717) is 4.90 Å². The molecule has 210 valence electrons. The summed E-state index contributed by atoms with van der Waals surface area (Å²) in [6.07, 6.45) is 21.9. The predicted octanol–water partition coefficient (Wildman–Crippen LogP) is 7.00. The first-order chi connectivity index (χ1) is 17.7. The molecule has 1 aliphatic rings. The van der Waals surface area contributed by atoms with E-state index in [1.165, 1.54) is 109 Å². The summed E-state index contributed by atoms with van der Waals surface area (Å²) >= 11 is 1.21. The molecule has 1 unspecified atom stereocenters. The number of amides is 1. The van der Waals surface area contributed by atoms with E-state index in [2.05, 4.69) is 18.8 Å². The van der Waals surface area contributed by atoms with E-state index in [9.17, 15) is 9.90 Å². The third kappa shape index (κ3) is 10.5. The predicted molar refractivity (Wildman–Crippen MR) is 157 cm³/mol. The standard InChI is InChI=1S/C31H52N2O3S/c1-6-7-8-9-10-11-12-13-14-15-16-17-18-19-21-31(5)22-20-26-28(36-31)24(3)23(2)27(35)29(26)37-30(32)33-25(4)34/h35H,6-22H2,1-5H3,(H2,32,33,34)/p+1. The molecular formula is C31H53N2O3S+. The van der Waals surface area contributed by atoms with Gasteiger partial charge in [0.15, 0.2) is 0 Å². The number of fused-ring (bicyclic) bond motifs is 1. The second-order valence-corrected chi connectivity index (χ2v) is 12.3. The van der Waals surface area contributed by atoms with E-state index in [1.54, 1.807) is 0 Å². The van der Waals surface area contributed by atoms with Gasteiger partial charge in [0.2, 0.25) is 0 Å². The highest BCUT2D eigenvalue weighted by molar-refractivity contribution is 8.13. The van der Waals surface area contributed by atoms with E-state index < -0.39 is 0 Å². The van der Waals surface area contributed by atoms with Gasteiger partial charge in [0, 0.05) is 24.2 Å². The zero-order valence-corrected chi connectivity index (χ0v) is 25.1. The molecule has 37 heavy (non-hydrogen) atoms. The van der Waals surface area contributed by atoms with Crippen LogP contribution in [0.5, 0.6) is 11.5 Å². The van der Waals surface area contributed by atoms with Crippen LogP contribution in [0, 0.1) is 13.8 Å². The monoisotopic (exact) mass is 533 g/mol. The maximum absolute atomic E-state index is 11.4. The van der Waals surface area contributed by atoms with Gasteiger partial charge in [-0.2, -0.15) is 0 Å². The van der Waals surface area contributed by atoms with Crippen LogP contribution in [0.1, 0.15) is 140 Å². The lowest BCUT2D eigenvalue weighted by Crippen LogP contribution is -2.77. The number of amidine groups is 1. The van der Waals surface area contributed by atoms with E-state index in [-0.39, 0.29) is 22.4 Å². The number of ether oxygens (including phenoxy) is 1. The summed E-state index contributed by atoms with van der Waals surface area (Å²) in [5.74, 6) is 0.889. The Morgan fingerprint density at radius 1 is 0.946 bits per heavy atom. The van der Waals surface area contributed by atoms with Gasteiger partial charge >= 0.3 is 11.1 Å². The number of rotatable bonds is 16. The highest BCUT2D eigenvalue weighted by Crippen LogP contribution is 2.48. The first-order valence-electron chi connectivity index (χ1n) is 14.8. The lowest BCUT2D eigenvalue weighted by Gasteiger charge is -2.38. The number of phenols is 1. The maximum Gasteiger partial charge on any atom is 0.314 e. The average molecular weight is 534 g/mol. The van der Waals surface area contributed by atoms with Crippen LogP contribution in [0.3, 0.4) is 0 Å². The topological polar surface area (TPSA) is 86.5 Å². The summed E-state index contributed by atoms with van der Waals surface area (Å²) in [5.41, 5.74) is 8.61. The third-order valence-corrected chi connectivity index (χ3v) is 8.81. The summed E-state index contributed by atoms with van der Waals surface area (Å²) in [5, 5.41) is 11.1. The third-order valence-electron chi connectivity index (χ3n) is 7.84. The number of aromatic hydroxyl groups is 1. The Morgan fingerprint density at radius 2 is 1.46 bits per heavy atom. The molecule has 0 spiro atoms. The zero-order valence-electron chi connectivity index (χ0n) is 24.3. The minimum atomic E-state index is -0.223. The summed E-state index contributed by atoms with van der Waals surface area (Å²) in [4.78, 5) is 14.7. The number of phenolic OH excluding ortho intramolecular Hbond substituents is 1. The van der Waals surface area contributed by atoms with Crippen molar-refractivity contribution in [3.05, 3.63) is 16.7 Å². The summed E-state index contributed by atoms with van der Waals surface area (Å²) in [6, 6.07) is 0. The van der Waals surface area contributed by atoms with Crippen molar-refractivity contribution in [1.82, 2.24) is 0 Å². The van der Waals surface area contributed by atoms with Crippen molar-refractivity contribution in [2.24, 2.45) is 5.73 Å². The number of benzene rings is 1. The molecule has 0 radical (unpaired) electrons. The average Bonchev–Trinajstić information content (AvgIpc) is 2.85. The molecule has 0 saturated heterocycles. The van der Waals surface area contributed by atoms with Crippen LogP contribution in [0.2, 0.25) is 0 Å². The minimum absolute atomic E-state index is 0.187. The van der Waals surface area contributed by atoms with Crippen molar-refractivity contribution in [2.45, 2.75) is 154 Å². The zero-order chi connectivity index (χ0) is 27.3. The molecule has 0 fully saturated rings. The van der Waals surface area contributed by atoms with Crippen molar-refractivity contribution < 1.29 is 19.6 Å². The molecule has 5 nitrogen and oxygen atoms in total. The van der Waals surface area contributed by atoms with Gasteiger partial charge in [0.05, 0.1) is 4.90 Å². The fourth-order valence-corrected chi connectivity index (χ4v) is 6.31. The van der Waals surface area contributed by atoms with Crippen LogP contribution >= 0.6 is 11.8 Å². The normalized spacial score (nSPS) is 17.5. The molecule has 0 aromatic heterocycles. The minimum Gasteiger partial charge on any atom is -0.506 e. The van der Waals surface area contributed by atoms with Crippen LogP contribution in [0.25, 0.3) is 0 Å². The van der Waals surface area contributed by atoms with Gasteiger partial charge in [-0.25, -0.2) is 9.79 Å². The molecule has 0 saturated carbocycles. The Balaban J connectivity index is 1.76. The van der Waals surface area contributed by atoms with Crippen molar-refractivity contribution in [3.63, 3.8) is 0 Å². The number of nitrogens with two attached hydrogens (primary N) is 1. The van der Waals surface area contributed by atoms with Gasteiger partial charge in [-0.15, -0.1) is 0 Å². The van der Waals surface area contributed by atoms with E-state index in [1.807, 2.05) is 13.8 Å². The smallest absolute Gasteiger partial charge is 0.314 e. The maximum atomic E-state index is 11.4. The van der Waals surface area contributed by atoms with E-state index in [4.69, 9.17) is 10.5 Å². The number of thioether (sulfide) groups is 1. The van der Waals surface area contributed by atoms with Crippen LogP contribution in [0.15, 0.2) is 4.90 Å². The molecule has 1 aromatic carbocycles. The highest BCUT2D eigenvalue weighted by atomic mass is 32.2. The fourth-order valence-electron chi connectivity index (χ4n) is 5.33. The SMILES string of the molecule is CCCCCCCCCCCCCCCCC1(C)CCc2c(c(C)c(C)c(O)c2SC(N)=[NH+]C(C)=O)O1. The molecular weight excluding hydrogens is 480 g/mol. The molecule has 1 atom stereocenters. The largest absolute Gasteiger partial charge is 0.506 e. The number of nitrogens with one attached hydrogen (secondary N) is 1. The Kier molecular flexibility index (Phi) is 13.9. The number of unbranched alkanes of at least 4 members (excludes halogenated alkanes) is 13. The molecule has 2 rings (SSSR count). The molecule has 0 aliphatic carbocycles. The lowest BCUT2D eigenvalue weighted by molar-refractivity contribution is -0.372. The van der Waals surface area contributed by atoms with Crippen LogP contribution < -0.4 is 15.5 Å². The fraction of sp³-hybridized carbons (Fsp3) is 0.742. The first kappa shape index (κ1) is 31.5. The highest BCUT2D eigenvalue weighted by Gasteiger charge is 2.35. The molecule has 0 bridgehead atoms. The van der Waals surface area contributed by atoms with Gasteiger partial charge in [-0.1, -0.05) is 90.4 Å². The van der Waals surface area contributed by atoms with Gasteiger partial charge in [-0.3, -0.25) is 5.73 Å². The van der Waals surface area contributed by atoms with Crippen molar-refractivity contribution in [1.29, 1.82) is 0 Å². The van der Waals surface area contributed by atoms with E-state index >= 15 is 0 Å². The van der Waals surface area contributed by atoms with Crippen molar-refractivity contribution >= 4 is 22.8 Å². The Labute approximate surface area is 230 Å². The van der Waals surface area contributed by atoms with Crippen molar-refractivity contribution in [2.75, 3.05) is 0 Å². The first-order valence-corrected chi connectivity index (χ1v) is 15.6. The molecule has 1 amide bonds. The van der Waals surface area contributed by atoms with E-state index in [0.717, 1.165) is 41.7 Å². The van der Waals surface area contributed by atoms with Gasteiger partial charge in [-0.05, 0) is 57.6 Å². The molecule has 4 N–H and O–H groups in total. The second-order valence-electron chi connectivity index (χ2n) is 11.3. The second kappa shape index (κ2) is 16.3. The van der Waals surface area contributed by atoms with Crippen molar-refractivity contribution in [3.8, 4) is 11.5 Å². The Morgan fingerprint density at radius 3 is 1.97 bits per heavy atom. The number of carbonyl (C=O) groups is 1. The lowest BCUT2D eigenvalue weighted by atomic mass is 9.86. The molecule has 1 aromatic rings. The summed E-state index contributed by atoms with van der Waals surface area (Å²) in [6.45, 7) is 9.86. The number of hydrogen-bond donors (Lipinski definition) is 3. The van der Waals surface area contributed by atoms with Gasteiger partial charge in [0.25, 0.3) is 0 Å². The molecule has 1 aliphatic heterocycles. The van der Waals surface area contributed by atoms with Crippen LogP contribution in [-0.4, -0.2) is 21.8 Å². The quantitative estimate of drug-likeness (QED) is 0.0922. The van der Waals surface area contributed by atoms with Gasteiger partial charge in [0.1, 0.15) is 17.1 Å². The van der Waals surface area contributed by atoms with Gasteiger partial charge < -0.3 is 9.84 Å². The molecule has 6 heteroatoms. The Bertz CT molecular complexity index is 899. The summed E-state index contributed by atoms with van der Waals surface area (Å²) < 4.78 is 6.64.